The largest absolute Gasteiger partial charge is 0.422 e. The van der Waals surface area contributed by atoms with E-state index in [1.807, 2.05) is 30.3 Å². The first kappa shape index (κ1) is 19.5. The molecule has 6 nitrogen and oxygen atoms in total. The predicted molar refractivity (Wildman–Crippen MR) is 114 cm³/mol. The fraction of sp³-hybridized carbons (Fsp3) is 0.208. The molecule has 0 radical (unpaired) electrons. The van der Waals surface area contributed by atoms with Gasteiger partial charge in [0.15, 0.2) is 0 Å². The minimum atomic E-state index is -0.679. The number of carbonyl (C=O) groups excluding carboxylic acids is 2. The lowest BCUT2D eigenvalue weighted by Gasteiger charge is -2.26. The van der Waals surface area contributed by atoms with Crippen molar-refractivity contribution in [1.82, 2.24) is 5.32 Å². The van der Waals surface area contributed by atoms with Crippen LogP contribution in [-0.2, 0) is 4.79 Å². The molecule has 30 heavy (non-hydrogen) atoms. The second kappa shape index (κ2) is 8.66. The molecule has 3 aromatic rings. The Labute approximate surface area is 173 Å². The van der Waals surface area contributed by atoms with Crippen LogP contribution in [-0.4, -0.2) is 24.9 Å². The normalized spacial score (nSPS) is 13.6. The van der Waals surface area contributed by atoms with Crippen LogP contribution in [0, 0.1) is 11.8 Å². The summed E-state index contributed by atoms with van der Waals surface area (Å²) in [5, 5.41) is 3.30. The van der Waals surface area contributed by atoms with Crippen LogP contribution in [0.25, 0.3) is 11.0 Å². The van der Waals surface area contributed by atoms with E-state index in [9.17, 15) is 14.4 Å². The highest BCUT2D eigenvalue weighted by Crippen LogP contribution is 2.21. The summed E-state index contributed by atoms with van der Waals surface area (Å²) in [5.41, 5.74) is 1.37. The van der Waals surface area contributed by atoms with Crippen molar-refractivity contribution in [3.05, 3.63) is 76.1 Å². The highest BCUT2D eigenvalue weighted by molar-refractivity contribution is 5.96. The van der Waals surface area contributed by atoms with Crippen LogP contribution in [0.3, 0.4) is 0 Å². The molecule has 0 spiro atoms. The number of rotatable bonds is 3. The standard InChI is InChI=1S/C24H20N2O4/c27-22-9-3-4-15-26(22)19-12-10-17(11-13-19)6-5-14-25-23(28)20-16-18-7-1-2-8-21(18)30-24(20)29/h1-2,7-8,10-13,16H,3-4,9,14-15H2,(H,25,28). The number of hydrogen-bond acceptors (Lipinski definition) is 4. The van der Waals surface area contributed by atoms with Crippen LogP contribution >= 0.6 is 0 Å². The van der Waals surface area contributed by atoms with Gasteiger partial charge in [-0.3, -0.25) is 9.59 Å². The number of piperidine rings is 1. The molecule has 0 bridgehead atoms. The first-order valence-electron chi connectivity index (χ1n) is 9.82. The highest BCUT2D eigenvalue weighted by atomic mass is 16.4. The van der Waals surface area contributed by atoms with Gasteiger partial charge in [-0.2, -0.15) is 0 Å². The van der Waals surface area contributed by atoms with E-state index in [0.717, 1.165) is 30.6 Å². The van der Waals surface area contributed by atoms with Crippen molar-refractivity contribution in [1.29, 1.82) is 0 Å². The Kier molecular flexibility index (Phi) is 5.62. The molecule has 1 saturated heterocycles. The Balaban J connectivity index is 1.38. The van der Waals surface area contributed by atoms with Gasteiger partial charge in [0, 0.05) is 29.6 Å². The van der Waals surface area contributed by atoms with Gasteiger partial charge < -0.3 is 14.6 Å². The third kappa shape index (κ3) is 4.26. The number of nitrogens with one attached hydrogen (secondary N) is 1. The lowest BCUT2D eigenvalue weighted by atomic mass is 10.1. The maximum atomic E-state index is 12.3. The van der Waals surface area contributed by atoms with E-state index in [-0.39, 0.29) is 18.0 Å². The molecular weight excluding hydrogens is 380 g/mol. The fourth-order valence-corrected chi connectivity index (χ4v) is 3.39. The van der Waals surface area contributed by atoms with Gasteiger partial charge in [-0.1, -0.05) is 30.0 Å². The van der Waals surface area contributed by atoms with E-state index in [0.29, 0.717) is 17.4 Å². The number of benzene rings is 2. The molecule has 150 valence electrons. The maximum absolute atomic E-state index is 12.3. The lowest BCUT2D eigenvalue weighted by Crippen LogP contribution is -2.35. The summed E-state index contributed by atoms with van der Waals surface area (Å²) in [6, 6.07) is 16.0. The van der Waals surface area contributed by atoms with Gasteiger partial charge in [0.25, 0.3) is 5.91 Å². The second-order valence-electron chi connectivity index (χ2n) is 7.02. The zero-order valence-electron chi connectivity index (χ0n) is 16.3. The summed E-state index contributed by atoms with van der Waals surface area (Å²) in [6.07, 6.45) is 2.56. The van der Waals surface area contributed by atoms with Crippen LogP contribution in [0.5, 0.6) is 0 Å². The Morgan fingerprint density at radius 1 is 1.07 bits per heavy atom. The number of hydrogen-bond donors (Lipinski definition) is 1. The fourth-order valence-electron chi connectivity index (χ4n) is 3.39. The minimum Gasteiger partial charge on any atom is -0.422 e. The Bertz CT molecular complexity index is 1220. The number of para-hydroxylation sites is 1. The van der Waals surface area contributed by atoms with Crippen molar-refractivity contribution in [2.45, 2.75) is 19.3 Å². The van der Waals surface area contributed by atoms with Gasteiger partial charge in [0.2, 0.25) is 5.91 Å². The zero-order valence-corrected chi connectivity index (χ0v) is 16.3. The van der Waals surface area contributed by atoms with E-state index in [2.05, 4.69) is 17.2 Å². The van der Waals surface area contributed by atoms with Crippen molar-refractivity contribution in [3.8, 4) is 11.8 Å². The predicted octanol–water partition coefficient (Wildman–Crippen LogP) is 3.09. The SMILES string of the molecule is O=C(NCC#Cc1ccc(N2CCCCC2=O)cc1)c1cc2ccccc2oc1=O. The van der Waals surface area contributed by atoms with E-state index < -0.39 is 11.5 Å². The summed E-state index contributed by atoms with van der Waals surface area (Å²) < 4.78 is 5.18. The van der Waals surface area contributed by atoms with Crippen molar-refractivity contribution in [2.24, 2.45) is 0 Å². The Morgan fingerprint density at radius 3 is 2.67 bits per heavy atom. The van der Waals surface area contributed by atoms with E-state index in [4.69, 9.17) is 4.42 Å². The Hall–Kier alpha value is -3.85. The summed E-state index contributed by atoms with van der Waals surface area (Å²) in [5.74, 6) is 5.47. The quantitative estimate of drug-likeness (QED) is 0.541. The summed E-state index contributed by atoms with van der Waals surface area (Å²) >= 11 is 0. The molecule has 4 rings (SSSR count). The van der Waals surface area contributed by atoms with Crippen molar-refractivity contribution in [2.75, 3.05) is 18.0 Å². The van der Waals surface area contributed by atoms with E-state index in [1.54, 1.807) is 23.1 Å². The van der Waals surface area contributed by atoms with Crippen LogP contribution in [0.15, 0.2) is 63.8 Å². The van der Waals surface area contributed by atoms with Gasteiger partial charge >= 0.3 is 5.63 Å². The minimum absolute atomic E-state index is 0.0500. The summed E-state index contributed by atoms with van der Waals surface area (Å²) in [7, 11) is 0. The molecule has 0 aliphatic carbocycles. The molecule has 0 atom stereocenters. The summed E-state index contributed by atoms with van der Waals surface area (Å²) in [4.78, 5) is 38.1. The molecule has 2 aromatic carbocycles. The van der Waals surface area contributed by atoms with Crippen molar-refractivity contribution < 1.29 is 14.0 Å². The first-order valence-corrected chi connectivity index (χ1v) is 9.82. The van der Waals surface area contributed by atoms with Gasteiger partial charge in [-0.15, -0.1) is 0 Å². The first-order chi connectivity index (χ1) is 14.6. The lowest BCUT2D eigenvalue weighted by molar-refractivity contribution is -0.119. The third-order valence-electron chi connectivity index (χ3n) is 4.96. The van der Waals surface area contributed by atoms with Gasteiger partial charge in [-0.05, 0) is 49.2 Å². The van der Waals surface area contributed by atoms with Gasteiger partial charge in [-0.25, -0.2) is 4.79 Å². The number of carbonyl (C=O) groups is 2. The molecule has 1 aromatic heterocycles. The second-order valence-corrected chi connectivity index (χ2v) is 7.02. The number of amides is 2. The monoisotopic (exact) mass is 400 g/mol. The highest BCUT2D eigenvalue weighted by Gasteiger charge is 2.19. The molecule has 1 aliphatic heterocycles. The molecule has 1 fully saturated rings. The van der Waals surface area contributed by atoms with Crippen LogP contribution in [0.2, 0.25) is 0 Å². The molecular formula is C24H20N2O4. The smallest absolute Gasteiger partial charge is 0.349 e. The molecule has 2 amide bonds. The maximum Gasteiger partial charge on any atom is 0.349 e. The van der Waals surface area contributed by atoms with Crippen molar-refractivity contribution >= 4 is 28.5 Å². The molecule has 6 heteroatoms. The number of anilines is 1. The van der Waals surface area contributed by atoms with Crippen LogP contribution < -0.4 is 15.8 Å². The number of nitrogens with zero attached hydrogens (tertiary/aromatic N) is 1. The van der Waals surface area contributed by atoms with Gasteiger partial charge in [0.1, 0.15) is 11.1 Å². The third-order valence-corrected chi connectivity index (χ3v) is 4.96. The van der Waals surface area contributed by atoms with Crippen LogP contribution in [0.4, 0.5) is 5.69 Å². The summed E-state index contributed by atoms with van der Waals surface area (Å²) in [6.45, 7) is 0.843. The van der Waals surface area contributed by atoms with Crippen LogP contribution in [0.1, 0.15) is 35.2 Å². The topological polar surface area (TPSA) is 79.6 Å². The van der Waals surface area contributed by atoms with E-state index in [1.165, 1.54) is 6.07 Å². The molecule has 1 N–H and O–H groups in total. The molecule has 1 aliphatic rings. The number of fused-ring (bicyclic) bond motifs is 1. The average molecular weight is 400 g/mol. The molecule has 0 unspecified atom stereocenters. The van der Waals surface area contributed by atoms with Crippen molar-refractivity contribution in [3.63, 3.8) is 0 Å². The molecule has 0 saturated carbocycles. The van der Waals surface area contributed by atoms with E-state index >= 15 is 0 Å². The zero-order chi connectivity index (χ0) is 20.9. The average Bonchev–Trinajstić information content (AvgIpc) is 2.77. The Morgan fingerprint density at radius 2 is 1.87 bits per heavy atom. The van der Waals surface area contributed by atoms with Gasteiger partial charge in [0.05, 0.1) is 6.54 Å². The molecule has 2 heterocycles.